The lowest BCUT2D eigenvalue weighted by atomic mass is 10.2. The quantitative estimate of drug-likeness (QED) is 0.732. The number of amides is 1. The van der Waals surface area contributed by atoms with Gasteiger partial charge in [-0.2, -0.15) is 0 Å². The van der Waals surface area contributed by atoms with E-state index in [2.05, 4.69) is 0 Å². The molecule has 0 bridgehead atoms. The molecule has 2 aromatic carbocycles. The van der Waals surface area contributed by atoms with Gasteiger partial charge >= 0.3 is 0 Å². The number of nitrogens with zero attached hydrogens (tertiary/aromatic N) is 1. The molecule has 0 aliphatic carbocycles. The molecule has 0 aliphatic rings. The average molecular weight is 331 g/mol. The van der Waals surface area contributed by atoms with E-state index in [0.717, 1.165) is 5.56 Å². The first-order chi connectivity index (χ1) is 11.5. The van der Waals surface area contributed by atoms with Crippen molar-refractivity contribution in [2.45, 2.75) is 6.54 Å². The molecule has 0 saturated heterocycles. The monoisotopic (exact) mass is 331 g/mol. The average Bonchev–Trinajstić information content (AvgIpc) is 2.61. The van der Waals surface area contributed by atoms with Gasteiger partial charge in [-0.3, -0.25) is 9.59 Å². The Morgan fingerprint density at radius 2 is 1.88 bits per heavy atom. The minimum Gasteiger partial charge on any atom is -0.493 e. The van der Waals surface area contributed by atoms with Crippen molar-refractivity contribution in [2.24, 2.45) is 0 Å². The Morgan fingerprint density at radius 3 is 2.50 bits per heavy atom. The highest BCUT2D eigenvalue weighted by Crippen LogP contribution is 2.27. The summed E-state index contributed by atoms with van der Waals surface area (Å²) in [6, 6.07) is 10.7. The second kappa shape index (κ2) is 8.10. The Morgan fingerprint density at radius 1 is 1.17 bits per heavy atom. The van der Waals surface area contributed by atoms with E-state index in [4.69, 9.17) is 9.47 Å². The Bertz CT molecular complexity index is 715. The van der Waals surface area contributed by atoms with Gasteiger partial charge in [0.1, 0.15) is 12.1 Å². The number of halogens is 1. The van der Waals surface area contributed by atoms with E-state index < -0.39 is 0 Å². The van der Waals surface area contributed by atoms with Crippen molar-refractivity contribution >= 4 is 12.2 Å². The van der Waals surface area contributed by atoms with Crippen LogP contribution in [0, 0.1) is 5.82 Å². The third-order valence-electron chi connectivity index (χ3n) is 3.43. The number of carbonyl (C=O) groups is 2. The van der Waals surface area contributed by atoms with E-state index in [1.807, 2.05) is 0 Å². The third kappa shape index (κ3) is 4.55. The summed E-state index contributed by atoms with van der Waals surface area (Å²) in [6.07, 6.45) is 0.702. The topological polar surface area (TPSA) is 55.8 Å². The SMILES string of the molecule is COc1cc(C=O)ccc1OCC(=O)N(C)Cc1ccc(F)cc1. The highest BCUT2D eigenvalue weighted by molar-refractivity contribution is 5.78. The minimum atomic E-state index is -0.318. The fourth-order valence-electron chi connectivity index (χ4n) is 2.08. The number of aldehydes is 1. The molecule has 0 spiro atoms. The van der Waals surface area contributed by atoms with Crippen LogP contribution in [0.1, 0.15) is 15.9 Å². The maximum atomic E-state index is 12.9. The molecule has 6 heteroatoms. The highest BCUT2D eigenvalue weighted by atomic mass is 19.1. The molecule has 126 valence electrons. The van der Waals surface area contributed by atoms with E-state index in [1.54, 1.807) is 31.3 Å². The zero-order valence-corrected chi connectivity index (χ0v) is 13.5. The Kier molecular flexibility index (Phi) is 5.89. The third-order valence-corrected chi connectivity index (χ3v) is 3.43. The van der Waals surface area contributed by atoms with Gasteiger partial charge < -0.3 is 14.4 Å². The predicted octanol–water partition coefficient (Wildman–Crippen LogP) is 2.68. The molecule has 0 unspecified atom stereocenters. The molecule has 0 atom stereocenters. The number of likely N-dealkylation sites (N-methyl/N-ethyl adjacent to an activating group) is 1. The molecule has 0 fully saturated rings. The van der Waals surface area contributed by atoms with E-state index in [-0.39, 0.29) is 18.3 Å². The van der Waals surface area contributed by atoms with Gasteiger partial charge in [-0.15, -0.1) is 0 Å². The van der Waals surface area contributed by atoms with Crippen molar-refractivity contribution in [3.05, 3.63) is 59.4 Å². The number of methoxy groups -OCH3 is 1. The molecular weight excluding hydrogens is 313 g/mol. The van der Waals surface area contributed by atoms with Crippen molar-refractivity contribution in [1.82, 2.24) is 4.90 Å². The summed E-state index contributed by atoms with van der Waals surface area (Å²) in [5.74, 6) is 0.211. The smallest absolute Gasteiger partial charge is 0.260 e. The summed E-state index contributed by atoms with van der Waals surface area (Å²) in [6.45, 7) is 0.179. The molecule has 0 aliphatic heterocycles. The van der Waals surface area contributed by atoms with Crippen molar-refractivity contribution in [3.63, 3.8) is 0 Å². The van der Waals surface area contributed by atoms with Crippen LogP contribution in [0.2, 0.25) is 0 Å². The van der Waals surface area contributed by atoms with E-state index in [9.17, 15) is 14.0 Å². The van der Waals surface area contributed by atoms with Crippen LogP contribution in [-0.4, -0.2) is 37.9 Å². The van der Waals surface area contributed by atoms with Crippen LogP contribution in [0.4, 0.5) is 4.39 Å². The lowest BCUT2D eigenvalue weighted by Gasteiger charge is -2.18. The molecule has 0 N–H and O–H groups in total. The van der Waals surface area contributed by atoms with Crippen LogP contribution in [0.3, 0.4) is 0 Å². The Balaban J connectivity index is 1.94. The minimum absolute atomic E-state index is 0.172. The molecule has 0 heterocycles. The summed E-state index contributed by atoms with van der Waals surface area (Å²) in [7, 11) is 3.10. The normalized spacial score (nSPS) is 10.1. The maximum Gasteiger partial charge on any atom is 0.260 e. The summed E-state index contributed by atoms with van der Waals surface area (Å²) >= 11 is 0. The summed E-state index contributed by atoms with van der Waals surface area (Å²) in [5.41, 5.74) is 1.28. The molecule has 0 saturated carbocycles. The summed E-state index contributed by atoms with van der Waals surface area (Å²) in [4.78, 5) is 24.4. The Labute approximate surface area is 139 Å². The zero-order chi connectivity index (χ0) is 17.5. The van der Waals surface area contributed by atoms with Gasteiger partial charge in [-0.1, -0.05) is 12.1 Å². The van der Waals surface area contributed by atoms with Crippen molar-refractivity contribution in [2.75, 3.05) is 20.8 Å². The molecule has 1 amide bonds. The van der Waals surface area contributed by atoms with Crippen molar-refractivity contribution in [3.8, 4) is 11.5 Å². The first-order valence-corrected chi connectivity index (χ1v) is 7.28. The van der Waals surface area contributed by atoms with Crippen LogP contribution in [0.15, 0.2) is 42.5 Å². The van der Waals surface area contributed by atoms with Gasteiger partial charge in [-0.25, -0.2) is 4.39 Å². The molecular formula is C18H18FNO4. The van der Waals surface area contributed by atoms with Gasteiger partial charge in [0.2, 0.25) is 0 Å². The number of rotatable bonds is 7. The lowest BCUT2D eigenvalue weighted by molar-refractivity contribution is -0.132. The van der Waals surface area contributed by atoms with Crippen LogP contribution >= 0.6 is 0 Å². The van der Waals surface area contributed by atoms with Gasteiger partial charge in [0.25, 0.3) is 5.91 Å². The van der Waals surface area contributed by atoms with E-state index in [1.165, 1.54) is 30.2 Å². The standard InChI is InChI=1S/C18H18FNO4/c1-20(10-13-3-6-15(19)7-4-13)18(22)12-24-16-8-5-14(11-21)9-17(16)23-2/h3-9,11H,10,12H2,1-2H3. The van der Waals surface area contributed by atoms with Gasteiger partial charge in [-0.05, 0) is 35.9 Å². The molecule has 24 heavy (non-hydrogen) atoms. The highest BCUT2D eigenvalue weighted by Gasteiger charge is 2.12. The number of hydrogen-bond acceptors (Lipinski definition) is 4. The van der Waals surface area contributed by atoms with E-state index in [0.29, 0.717) is 29.9 Å². The molecule has 5 nitrogen and oxygen atoms in total. The lowest BCUT2D eigenvalue weighted by Crippen LogP contribution is -2.31. The molecule has 2 rings (SSSR count). The van der Waals surface area contributed by atoms with Gasteiger partial charge in [0.15, 0.2) is 18.1 Å². The zero-order valence-electron chi connectivity index (χ0n) is 13.5. The van der Waals surface area contributed by atoms with Crippen LogP contribution in [0.25, 0.3) is 0 Å². The van der Waals surface area contributed by atoms with E-state index >= 15 is 0 Å². The fourth-order valence-corrected chi connectivity index (χ4v) is 2.08. The van der Waals surface area contributed by atoms with Crippen LogP contribution in [0.5, 0.6) is 11.5 Å². The van der Waals surface area contributed by atoms with Crippen molar-refractivity contribution < 1.29 is 23.5 Å². The van der Waals surface area contributed by atoms with Crippen molar-refractivity contribution in [1.29, 1.82) is 0 Å². The summed E-state index contributed by atoms with van der Waals surface area (Å²) < 4.78 is 23.5. The van der Waals surface area contributed by atoms with Gasteiger partial charge in [0, 0.05) is 19.2 Å². The number of benzene rings is 2. The second-order valence-corrected chi connectivity index (χ2v) is 5.19. The number of carbonyl (C=O) groups excluding carboxylic acids is 2. The maximum absolute atomic E-state index is 12.9. The Hall–Kier alpha value is -2.89. The summed E-state index contributed by atoms with van der Waals surface area (Å²) in [5, 5.41) is 0. The molecule has 0 aromatic heterocycles. The predicted molar refractivity (Wildman–Crippen MR) is 86.8 cm³/mol. The first-order valence-electron chi connectivity index (χ1n) is 7.28. The second-order valence-electron chi connectivity index (χ2n) is 5.19. The molecule has 2 aromatic rings. The van der Waals surface area contributed by atoms with Crippen LogP contribution < -0.4 is 9.47 Å². The molecule has 0 radical (unpaired) electrons. The fraction of sp³-hybridized carbons (Fsp3) is 0.222. The van der Waals surface area contributed by atoms with Crippen LogP contribution in [-0.2, 0) is 11.3 Å². The first kappa shape index (κ1) is 17.5. The van der Waals surface area contributed by atoms with Gasteiger partial charge in [0.05, 0.1) is 7.11 Å². The largest absolute Gasteiger partial charge is 0.493 e. The number of ether oxygens (including phenoxy) is 2. The number of hydrogen-bond donors (Lipinski definition) is 0.